The van der Waals surface area contributed by atoms with Crippen LogP contribution in [0.4, 0.5) is 0 Å². The first-order valence-electron chi connectivity index (χ1n) is 11.1. The summed E-state index contributed by atoms with van der Waals surface area (Å²) >= 11 is 1.69. The number of hydrogen-bond acceptors (Lipinski definition) is 3. The molecule has 164 valence electrons. The normalized spacial score (nSPS) is 18.5. The maximum atomic E-state index is 13.6. The van der Waals surface area contributed by atoms with E-state index < -0.39 is 6.10 Å². The Morgan fingerprint density at radius 2 is 1.27 bits per heavy atom. The van der Waals surface area contributed by atoms with Crippen molar-refractivity contribution >= 4 is 17.7 Å². The highest BCUT2D eigenvalue weighted by atomic mass is 32.2. The monoisotopic (exact) mass is 451 g/mol. The minimum atomic E-state index is -0.504. The molecule has 0 N–H and O–H groups in total. The molecule has 0 spiro atoms. The summed E-state index contributed by atoms with van der Waals surface area (Å²) in [7, 11) is 0. The fourth-order valence-corrected chi connectivity index (χ4v) is 5.40. The molecule has 1 heterocycles. The molecule has 1 aliphatic rings. The van der Waals surface area contributed by atoms with Gasteiger partial charge in [0.05, 0.1) is 12.6 Å². The summed E-state index contributed by atoms with van der Waals surface area (Å²) in [6.07, 6.45) is -0.504. The molecular weight excluding hydrogens is 426 g/mol. The van der Waals surface area contributed by atoms with Crippen molar-refractivity contribution in [1.82, 2.24) is 4.90 Å². The molecule has 0 aliphatic carbocycles. The van der Waals surface area contributed by atoms with Crippen LogP contribution >= 0.6 is 11.8 Å². The van der Waals surface area contributed by atoms with Crippen molar-refractivity contribution in [2.45, 2.75) is 29.0 Å². The van der Waals surface area contributed by atoms with E-state index >= 15 is 0 Å². The van der Waals surface area contributed by atoms with Gasteiger partial charge in [0.15, 0.2) is 6.10 Å². The van der Waals surface area contributed by atoms with Crippen molar-refractivity contribution in [3.8, 4) is 0 Å². The van der Waals surface area contributed by atoms with Gasteiger partial charge < -0.3 is 9.64 Å². The van der Waals surface area contributed by atoms with Crippen molar-refractivity contribution in [3.05, 3.63) is 138 Å². The average molecular weight is 452 g/mol. The molecule has 0 bridgehead atoms. The summed E-state index contributed by atoms with van der Waals surface area (Å²) in [4.78, 5) is 16.7. The molecule has 3 nitrogen and oxygen atoms in total. The van der Waals surface area contributed by atoms with Crippen molar-refractivity contribution in [3.63, 3.8) is 0 Å². The molecule has 1 amide bonds. The van der Waals surface area contributed by atoms with Gasteiger partial charge in [0.1, 0.15) is 5.37 Å². The number of hydrogen-bond donors (Lipinski definition) is 0. The van der Waals surface area contributed by atoms with E-state index in [0.717, 1.165) is 21.6 Å². The number of thioether (sulfide) groups is 1. The first-order valence-corrected chi connectivity index (χ1v) is 12.0. The average Bonchev–Trinajstić information content (AvgIpc) is 2.89. The van der Waals surface area contributed by atoms with Gasteiger partial charge in [-0.3, -0.25) is 4.79 Å². The van der Waals surface area contributed by atoms with Gasteiger partial charge >= 0.3 is 0 Å². The van der Waals surface area contributed by atoms with Crippen molar-refractivity contribution in [2.24, 2.45) is 0 Å². The first-order chi connectivity index (χ1) is 16.3. The van der Waals surface area contributed by atoms with Gasteiger partial charge in [0.25, 0.3) is 5.91 Å². The van der Waals surface area contributed by atoms with E-state index in [2.05, 4.69) is 36.4 Å². The van der Waals surface area contributed by atoms with Crippen LogP contribution < -0.4 is 0 Å². The summed E-state index contributed by atoms with van der Waals surface area (Å²) in [5.74, 6) is 0.0251. The van der Waals surface area contributed by atoms with Gasteiger partial charge in [0, 0.05) is 4.90 Å². The van der Waals surface area contributed by atoms with E-state index in [-0.39, 0.29) is 17.3 Å². The van der Waals surface area contributed by atoms with E-state index in [1.54, 1.807) is 11.8 Å². The van der Waals surface area contributed by atoms with Gasteiger partial charge in [-0.05, 0) is 28.8 Å². The lowest BCUT2D eigenvalue weighted by molar-refractivity contribution is -0.178. The van der Waals surface area contributed by atoms with E-state index in [0.29, 0.717) is 6.61 Å². The molecule has 33 heavy (non-hydrogen) atoms. The van der Waals surface area contributed by atoms with Gasteiger partial charge in [-0.1, -0.05) is 121 Å². The molecule has 1 fully saturated rings. The summed E-state index contributed by atoms with van der Waals surface area (Å²) in [6.45, 7) is 0.413. The summed E-state index contributed by atoms with van der Waals surface area (Å²) in [6, 6.07) is 40.6. The maximum absolute atomic E-state index is 13.6. The number of β-lactam (4-membered cyclic amide) rings is 1. The van der Waals surface area contributed by atoms with Gasteiger partial charge in [-0.25, -0.2) is 0 Å². The van der Waals surface area contributed by atoms with E-state index in [9.17, 15) is 4.79 Å². The highest BCUT2D eigenvalue weighted by Crippen LogP contribution is 2.49. The molecule has 0 radical (unpaired) electrons. The Balaban J connectivity index is 1.47. The maximum Gasteiger partial charge on any atom is 0.256 e. The number of likely N-dealkylation sites (tertiary alicyclic amines) is 1. The molecule has 0 unspecified atom stereocenters. The number of benzene rings is 4. The molecule has 4 aromatic carbocycles. The Kier molecular flexibility index (Phi) is 6.56. The Labute approximate surface area is 199 Å². The third kappa shape index (κ3) is 4.72. The quantitative estimate of drug-likeness (QED) is 0.222. The Hall–Kier alpha value is -3.34. The molecule has 4 aromatic rings. The highest BCUT2D eigenvalue weighted by Gasteiger charge is 2.52. The fraction of sp³-hybridized carbons (Fsp3) is 0.138. The molecule has 0 saturated carbocycles. The number of nitrogens with zero attached hydrogens (tertiary/aromatic N) is 1. The number of ether oxygens (including phenoxy) is 1. The molecule has 0 aromatic heterocycles. The van der Waals surface area contributed by atoms with Crippen LogP contribution in [0.3, 0.4) is 0 Å². The Bertz CT molecular complexity index is 1170. The van der Waals surface area contributed by atoms with E-state index in [1.807, 2.05) is 89.8 Å². The molecule has 5 rings (SSSR count). The Morgan fingerprint density at radius 1 is 0.727 bits per heavy atom. The van der Waals surface area contributed by atoms with Crippen LogP contribution in [0.2, 0.25) is 0 Å². The molecule has 4 heteroatoms. The zero-order valence-electron chi connectivity index (χ0n) is 18.2. The van der Waals surface area contributed by atoms with E-state index in [4.69, 9.17) is 4.74 Å². The molecule has 3 atom stereocenters. The number of carbonyl (C=O) groups excluding carboxylic acids is 1. The topological polar surface area (TPSA) is 29.5 Å². The smallest absolute Gasteiger partial charge is 0.256 e. The molecule has 1 aliphatic heterocycles. The molecule has 1 saturated heterocycles. The second kappa shape index (κ2) is 10.1. The third-order valence-corrected chi connectivity index (χ3v) is 7.09. The standard InChI is InChI=1S/C29H25NO2S/c31-28-27(32-21-22-13-5-1-6-14-22)26(23-15-7-2-8-16-23)30(28)29(24-17-9-3-10-18-24)33-25-19-11-4-12-20-25/h1-20,26-27,29H,21H2/t26-,27+,29+/m1/s1. The zero-order chi connectivity index (χ0) is 22.5. The van der Waals surface area contributed by atoms with Crippen molar-refractivity contribution < 1.29 is 9.53 Å². The lowest BCUT2D eigenvalue weighted by Gasteiger charge is -2.50. The van der Waals surface area contributed by atoms with Gasteiger partial charge in [-0.15, -0.1) is 0 Å². The minimum Gasteiger partial charge on any atom is -0.361 e. The van der Waals surface area contributed by atoms with Crippen LogP contribution in [-0.4, -0.2) is 16.9 Å². The van der Waals surface area contributed by atoms with Crippen LogP contribution in [0.1, 0.15) is 28.1 Å². The van der Waals surface area contributed by atoms with Crippen LogP contribution in [0.25, 0.3) is 0 Å². The van der Waals surface area contributed by atoms with Gasteiger partial charge in [-0.2, -0.15) is 0 Å². The minimum absolute atomic E-state index is 0.0251. The second-order valence-corrected chi connectivity index (χ2v) is 9.17. The molecular formula is C29H25NO2S. The fourth-order valence-electron chi connectivity index (χ4n) is 4.18. The predicted octanol–water partition coefficient (Wildman–Crippen LogP) is 6.65. The largest absolute Gasteiger partial charge is 0.361 e. The predicted molar refractivity (Wildman–Crippen MR) is 133 cm³/mol. The lowest BCUT2D eigenvalue weighted by atomic mass is 9.89. The van der Waals surface area contributed by atoms with Crippen LogP contribution in [0.15, 0.2) is 126 Å². The second-order valence-electron chi connectivity index (χ2n) is 8.01. The zero-order valence-corrected chi connectivity index (χ0v) is 19.0. The Morgan fingerprint density at radius 3 is 1.91 bits per heavy atom. The first kappa shape index (κ1) is 21.5. The van der Waals surface area contributed by atoms with E-state index in [1.165, 1.54) is 0 Å². The number of amides is 1. The summed E-state index contributed by atoms with van der Waals surface area (Å²) in [5.41, 5.74) is 3.25. The summed E-state index contributed by atoms with van der Waals surface area (Å²) in [5, 5.41) is -0.150. The third-order valence-electron chi connectivity index (χ3n) is 5.83. The van der Waals surface area contributed by atoms with Crippen LogP contribution in [-0.2, 0) is 16.1 Å². The van der Waals surface area contributed by atoms with Gasteiger partial charge in [0.2, 0.25) is 0 Å². The number of carbonyl (C=O) groups is 1. The van der Waals surface area contributed by atoms with Crippen molar-refractivity contribution in [2.75, 3.05) is 0 Å². The lowest BCUT2D eigenvalue weighted by Crippen LogP contribution is -2.60. The number of rotatable bonds is 8. The van der Waals surface area contributed by atoms with Crippen molar-refractivity contribution in [1.29, 1.82) is 0 Å². The van der Waals surface area contributed by atoms with Crippen LogP contribution in [0.5, 0.6) is 0 Å². The SMILES string of the molecule is O=C1[C@@H](OCc2ccccc2)[C@@H](c2ccccc2)N1[C@@H](Sc1ccccc1)c1ccccc1. The summed E-state index contributed by atoms with van der Waals surface area (Å²) < 4.78 is 6.21. The highest BCUT2D eigenvalue weighted by molar-refractivity contribution is 7.99. The van der Waals surface area contributed by atoms with Crippen LogP contribution in [0, 0.1) is 0 Å².